The summed E-state index contributed by atoms with van der Waals surface area (Å²) in [6.45, 7) is 4.52. The van der Waals surface area contributed by atoms with Gasteiger partial charge in [0.15, 0.2) is 11.5 Å². The van der Waals surface area contributed by atoms with Crippen molar-refractivity contribution in [3.05, 3.63) is 34.8 Å². The average Bonchev–Trinajstić information content (AvgIpc) is 2.91. The molecule has 0 amide bonds. The van der Waals surface area contributed by atoms with Gasteiger partial charge in [0.1, 0.15) is 12.7 Å². The van der Waals surface area contributed by atoms with Crippen LogP contribution in [0.4, 0.5) is 0 Å². The van der Waals surface area contributed by atoms with Gasteiger partial charge in [-0.2, -0.15) is 0 Å². The smallest absolute Gasteiger partial charge is 0.167 e. The molecule has 0 aliphatic carbocycles. The van der Waals surface area contributed by atoms with Gasteiger partial charge in [-0.05, 0) is 26.0 Å². The molecule has 108 valence electrons. The van der Waals surface area contributed by atoms with Gasteiger partial charge in [0.25, 0.3) is 0 Å². The van der Waals surface area contributed by atoms with E-state index >= 15 is 0 Å². The van der Waals surface area contributed by atoms with Gasteiger partial charge in [0.2, 0.25) is 0 Å². The standard InChI is InChI=1S/C13H17BrN4O2/c1-9(2)20-13-10(6-17-18-7-15-16-8-18)11(14)4-5-12(13)19-3/h4-5,7-9,17H,6H2,1-3H3. The summed E-state index contributed by atoms with van der Waals surface area (Å²) in [6, 6.07) is 3.82. The summed E-state index contributed by atoms with van der Waals surface area (Å²) < 4.78 is 13.9. The summed E-state index contributed by atoms with van der Waals surface area (Å²) in [5.74, 6) is 1.44. The Balaban J connectivity index is 2.28. The summed E-state index contributed by atoms with van der Waals surface area (Å²) in [7, 11) is 1.63. The predicted octanol–water partition coefficient (Wildman–Crippen LogP) is 2.58. The molecule has 1 heterocycles. The first kappa shape index (κ1) is 14.6. The number of hydrogen-bond donors (Lipinski definition) is 1. The first-order chi connectivity index (χ1) is 9.61. The van der Waals surface area contributed by atoms with Crippen LogP contribution >= 0.6 is 15.9 Å². The van der Waals surface area contributed by atoms with Crippen LogP contribution in [-0.4, -0.2) is 28.1 Å². The highest BCUT2D eigenvalue weighted by Gasteiger charge is 2.15. The first-order valence-electron chi connectivity index (χ1n) is 6.22. The maximum absolute atomic E-state index is 5.88. The summed E-state index contributed by atoms with van der Waals surface area (Å²) in [6.07, 6.45) is 3.25. The zero-order valence-electron chi connectivity index (χ0n) is 11.6. The quantitative estimate of drug-likeness (QED) is 0.875. The van der Waals surface area contributed by atoms with E-state index in [9.17, 15) is 0 Å². The van der Waals surface area contributed by atoms with Crippen LogP contribution in [0.1, 0.15) is 19.4 Å². The van der Waals surface area contributed by atoms with Gasteiger partial charge in [-0.3, -0.25) is 0 Å². The van der Waals surface area contributed by atoms with Crippen molar-refractivity contribution in [1.29, 1.82) is 0 Å². The van der Waals surface area contributed by atoms with Crippen LogP contribution in [0.15, 0.2) is 29.3 Å². The summed E-state index contributed by atoms with van der Waals surface area (Å²) in [5.41, 5.74) is 4.15. The van der Waals surface area contributed by atoms with Crippen LogP contribution in [-0.2, 0) is 6.54 Å². The maximum atomic E-state index is 5.88. The molecular formula is C13H17BrN4O2. The van der Waals surface area contributed by atoms with Crippen LogP contribution in [0, 0.1) is 0 Å². The van der Waals surface area contributed by atoms with Gasteiger partial charge in [0.05, 0.1) is 19.8 Å². The van der Waals surface area contributed by atoms with Gasteiger partial charge in [-0.25, -0.2) is 4.68 Å². The maximum Gasteiger partial charge on any atom is 0.167 e. The zero-order chi connectivity index (χ0) is 14.5. The lowest BCUT2D eigenvalue weighted by molar-refractivity contribution is 0.227. The van der Waals surface area contributed by atoms with E-state index in [1.165, 1.54) is 0 Å². The Labute approximate surface area is 126 Å². The molecule has 1 N–H and O–H groups in total. The Morgan fingerprint density at radius 1 is 1.30 bits per heavy atom. The topological polar surface area (TPSA) is 61.2 Å². The van der Waals surface area contributed by atoms with E-state index in [0.29, 0.717) is 12.3 Å². The number of hydrogen-bond acceptors (Lipinski definition) is 5. The van der Waals surface area contributed by atoms with Gasteiger partial charge in [-0.15, -0.1) is 10.2 Å². The fourth-order valence-corrected chi connectivity index (χ4v) is 2.18. The SMILES string of the molecule is COc1ccc(Br)c(CNn2cnnc2)c1OC(C)C. The fourth-order valence-electron chi connectivity index (χ4n) is 1.73. The Morgan fingerprint density at radius 2 is 2.00 bits per heavy atom. The molecule has 6 nitrogen and oxygen atoms in total. The Hall–Kier alpha value is -1.76. The minimum absolute atomic E-state index is 0.0619. The van der Waals surface area contributed by atoms with Crippen molar-refractivity contribution in [1.82, 2.24) is 14.9 Å². The minimum Gasteiger partial charge on any atom is -0.493 e. The number of rotatable bonds is 6. The molecule has 7 heteroatoms. The second kappa shape index (κ2) is 6.60. The molecule has 0 saturated heterocycles. The van der Waals surface area contributed by atoms with Crippen LogP contribution in [0.2, 0.25) is 0 Å². The number of nitrogens with one attached hydrogen (secondary N) is 1. The van der Waals surface area contributed by atoms with Crippen molar-refractivity contribution in [2.24, 2.45) is 0 Å². The summed E-state index contributed by atoms with van der Waals surface area (Å²) in [5, 5.41) is 7.49. The molecule has 0 bridgehead atoms. The first-order valence-corrected chi connectivity index (χ1v) is 7.01. The van der Waals surface area contributed by atoms with Crippen LogP contribution in [0.3, 0.4) is 0 Å². The Kier molecular flexibility index (Phi) is 4.84. The number of benzene rings is 1. The van der Waals surface area contributed by atoms with E-state index in [-0.39, 0.29) is 6.10 Å². The van der Waals surface area contributed by atoms with E-state index in [2.05, 4.69) is 31.6 Å². The van der Waals surface area contributed by atoms with Crippen molar-refractivity contribution in [2.45, 2.75) is 26.5 Å². The Morgan fingerprint density at radius 3 is 2.60 bits per heavy atom. The van der Waals surface area contributed by atoms with Crippen LogP contribution < -0.4 is 14.9 Å². The third-order valence-corrected chi connectivity index (χ3v) is 3.34. The van der Waals surface area contributed by atoms with E-state index in [0.717, 1.165) is 15.8 Å². The molecule has 20 heavy (non-hydrogen) atoms. The van der Waals surface area contributed by atoms with Crippen molar-refractivity contribution < 1.29 is 9.47 Å². The minimum atomic E-state index is 0.0619. The lowest BCUT2D eigenvalue weighted by atomic mass is 10.2. The van der Waals surface area contributed by atoms with E-state index in [4.69, 9.17) is 9.47 Å². The van der Waals surface area contributed by atoms with Crippen molar-refractivity contribution in [2.75, 3.05) is 12.5 Å². The lowest BCUT2D eigenvalue weighted by Gasteiger charge is -2.19. The predicted molar refractivity (Wildman–Crippen MR) is 79.5 cm³/mol. The van der Waals surface area contributed by atoms with Crippen LogP contribution in [0.5, 0.6) is 11.5 Å². The summed E-state index contributed by atoms with van der Waals surface area (Å²) >= 11 is 3.55. The second-order valence-electron chi connectivity index (χ2n) is 4.43. The number of nitrogens with zero attached hydrogens (tertiary/aromatic N) is 3. The molecule has 0 aliphatic heterocycles. The number of aromatic nitrogens is 3. The highest BCUT2D eigenvalue weighted by Crippen LogP contribution is 2.37. The largest absolute Gasteiger partial charge is 0.493 e. The number of halogens is 1. The van der Waals surface area contributed by atoms with Gasteiger partial charge >= 0.3 is 0 Å². The molecule has 2 rings (SSSR count). The molecule has 0 unspecified atom stereocenters. The molecule has 0 atom stereocenters. The van der Waals surface area contributed by atoms with Crippen molar-refractivity contribution in [3.8, 4) is 11.5 Å². The van der Waals surface area contributed by atoms with E-state index < -0.39 is 0 Å². The highest BCUT2D eigenvalue weighted by molar-refractivity contribution is 9.10. The monoisotopic (exact) mass is 340 g/mol. The van der Waals surface area contributed by atoms with Gasteiger partial charge in [-0.1, -0.05) is 15.9 Å². The molecule has 1 aromatic carbocycles. The molecule has 0 spiro atoms. The molecule has 1 aromatic heterocycles. The van der Waals surface area contributed by atoms with Gasteiger partial charge < -0.3 is 14.9 Å². The normalized spacial score (nSPS) is 10.7. The third kappa shape index (κ3) is 3.41. The number of methoxy groups -OCH3 is 1. The summed E-state index contributed by atoms with van der Waals surface area (Å²) in [4.78, 5) is 0. The third-order valence-electron chi connectivity index (χ3n) is 2.60. The lowest BCUT2D eigenvalue weighted by Crippen LogP contribution is -2.15. The molecule has 2 aromatic rings. The van der Waals surface area contributed by atoms with Gasteiger partial charge in [0, 0.05) is 10.0 Å². The Bertz CT molecular complexity index is 558. The van der Waals surface area contributed by atoms with Crippen LogP contribution in [0.25, 0.3) is 0 Å². The molecule has 0 radical (unpaired) electrons. The number of ether oxygens (including phenoxy) is 2. The average molecular weight is 341 g/mol. The van der Waals surface area contributed by atoms with Crippen molar-refractivity contribution in [3.63, 3.8) is 0 Å². The zero-order valence-corrected chi connectivity index (χ0v) is 13.2. The fraction of sp³-hybridized carbons (Fsp3) is 0.385. The van der Waals surface area contributed by atoms with Crippen molar-refractivity contribution >= 4 is 15.9 Å². The second-order valence-corrected chi connectivity index (χ2v) is 5.28. The molecule has 0 aliphatic rings. The molecule has 0 fully saturated rings. The molecular weight excluding hydrogens is 324 g/mol. The van der Waals surface area contributed by atoms with E-state index in [1.54, 1.807) is 24.4 Å². The molecule has 0 saturated carbocycles. The highest BCUT2D eigenvalue weighted by atomic mass is 79.9. The van der Waals surface area contributed by atoms with E-state index in [1.807, 2.05) is 26.0 Å².